The van der Waals surface area contributed by atoms with Crippen molar-refractivity contribution < 1.29 is 19.4 Å². The smallest absolute Gasteiger partial charge is 0.251 e. The average Bonchev–Trinajstić information content (AvgIpc) is 2.79. The number of benzene rings is 3. The van der Waals surface area contributed by atoms with Gasteiger partial charge in [0.2, 0.25) is 0 Å². The normalized spacial score (nSPS) is 12.6. The van der Waals surface area contributed by atoms with Crippen LogP contribution in [0.5, 0.6) is 11.5 Å². The zero-order valence-electron chi connectivity index (χ0n) is 18.2. The standard InChI is InChI=1S/C26H29NO4/c1-4-30-23-16-13-21(17-24(23)31-5-2)25(28)27-18-26(3,29)22-14-11-20(12-15-22)19-9-7-6-8-10-19/h6-17,29H,4-5,18H2,1-3H3,(H,27,28). The number of amides is 1. The van der Waals surface area contributed by atoms with Crippen LogP contribution < -0.4 is 14.8 Å². The Hall–Kier alpha value is -3.31. The summed E-state index contributed by atoms with van der Waals surface area (Å²) >= 11 is 0. The van der Waals surface area contributed by atoms with E-state index in [-0.39, 0.29) is 12.5 Å². The van der Waals surface area contributed by atoms with Crippen LogP contribution in [-0.2, 0) is 5.60 Å². The van der Waals surface area contributed by atoms with E-state index in [1.54, 1.807) is 25.1 Å². The maximum atomic E-state index is 12.7. The van der Waals surface area contributed by atoms with Gasteiger partial charge in [0.05, 0.1) is 19.8 Å². The molecule has 31 heavy (non-hydrogen) atoms. The summed E-state index contributed by atoms with van der Waals surface area (Å²) < 4.78 is 11.1. The highest BCUT2D eigenvalue weighted by atomic mass is 16.5. The van der Waals surface area contributed by atoms with E-state index in [1.165, 1.54) is 0 Å². The molecule has 1 atom stereocenters. The van der Waals surface area contributed by atoms with Crippen LogP contribution in [0.2, 0.25) is 0 Å². The largest absolute Gasteiger partial charge is 0.490 e. The second-order valence-electron chi connectivity index (χ2n) is 7.43. The van der Waals surface area contributed by atoms with Gasteiger partial charge in [0.25, 0.3) is 5.91 Å². The quantitative estimate of drug-likeness (QED) is 0.523. The van der Waals surface area contributed by atoms with Crippen LogP contribution in [0.1, 0.15) is 36.7 Å². The maximum absolute atomic E-state index is 12.7. The lowest BCUT2D eigenvalue weighted by Gasteiger charge is -2.24. The summed E-state index contributed by atoms with van der Waals surface area (Å²) in [5, 5.41) is 13.8. The molecule has 5 heteroatoms. The Balaban J connectivity index is 1.68. The van der Waals surface area contributed by atoms with Crippen LogP contribution in [0.3, 0.4) is 0 Å². The molecular formula is C26H29NO4. The molecule has 0 aliphatic heterocycles. The first-order valence-corrected chi connectivity index (χ1v) is 10.5. The van der Waals surface area contributed by atoms with E-state index < -0.39 is 5.60 Å². The van der Waals surface area contributed by atoms with Gasteiger partial charge in [-0.1, -0.05) is 54.6 Å². The molecule has 3 aromatic rings. The predicted molar refractivity (Wildman–Crippen MR) is 123 cm³/mol. The molecule has 0 saturated carbocycles. The monoisotopic (exact) mass is 419 g/mol. The fourth-order valence-corrected chi connectivity index (χ4v) is 3.30. The lowest BCUT2D eigenvalue weighted by molar-refractivity contribution is 0.0526. The second kappa shape index (κ2) is 10.1. The molecule has 0 aliphatic rings. The summed E-state index contributed by atoms with van der Waals surface area (Å²) in [5.74, 6) is 0.844. The van der Waals surface area contributed by atoms with Crippen molar-refractivity contribution >= 4 is 5.91 Å². The third-order valence-electron chi connectivity index (χ3n) is 5.01. The van der Waals surface area contributed by atoms with Crippen molar-refractivity contribution in [3.05, 3.63) is 83.9 Å². The van der Waals surface area contributed by atoms with Gasteiger partial charge in [-0.15, -0.1) is 0 Å². The Labute approximate surface area is 183 Å². The van der Waals surface area contributed by atoms with Gasteiger partial charge < -0.3 is 19.9 Å². The van der Waals surface area contributed by atoms with Gasteiger partial charge in [0, 0.05) is 5.56 Å². The van der Waals surface area contributed by atoms with Crippen molar-refractivity contribution in [2.75, 3.05) is 19.8 Å². The Morgan fingerprint density at radius 2 is 1.48 bits per heavy atom. The van der Waals surface area contributed by atoms with Crippen LogP contribution in [0.25, 0.3) is 11.1 Å². The zero-order valence-corrected chi connectivity index (χ0v) is 18.2. The Bertz CT molecular complexity index is 998. The topological polar surface area (TPSA) is 67.8 Å². The maximum Gasteiger partial charge on any atom is 0.251 e. The molecule has 5 nitrogen and oxygen atoms in total. The fourth-order valence-electron chi connectivity index (χ4n) is 3.30. The average molecular weight is 420 g/mol. The summed E-state index contributed by atoms with van der Waals surface area (Å²) in [6.07, 6.45) is 0. The van der Waals surface area contributed by atoms with E-state index in [1.807, 2.05) is 68.4 Å². The molecule has 1 unspecified atom stereocenters. The molecule has 1 amide bonds. The Morgan fingerprint density at radius 3 is 2.13 bits per heavy atom. The minimum atomic E-state index is -1.21. The van der Waals surface area contributed by atoms with Gasteiger partial charge in [-0.25, -0.2) is 0 Å². The van der Waals surface area contributed by atoms with Crippen molar-refractivity contribution in [2.24, 2.45) is 0 Å². The number of nitrogens with one attached hydrogen (secondary N) is 1. The zero-order chi connectivity index (χ0) is 22.3. The molecular weight excluding hydrogens is 390 g/mol. The first-order chi connectivity index (χ1) is 14.9. The number of rotatable bonds is 9. The molecule has 0 heterocycles. The number of aliphatic hydroxyl groups is 1. The summed E-state index contributed by atoms with van der Waals surface area (Å²) in [7, 11) is 0. The molecule has 162 valence electrons. The third-order valence-corrected chi connectivity index (χ3v) is 5.01. The molecule has 0 aliphatic carbocycles. The van der Waals surface area contributed by atoms with E-state index in [0.29, 0.717) is 30.3 Å². The number of hydrogen-bond acceptors (Lipinski definition) is 4. The summed E-state index contributed by atoms with van der Waals surface area (Å²) in [4.78, 5) is 12.7. The minimum Gasteiger partial charge on any atom is -0.490 e. The van der Waals surface area contributed by atoms with E-state index in [4.69, 9.17) is 9.47 Å². The number of ether oxygens (including phenoxy) is 2. The molecule has 0 aromatic heterocycles. The fraction of sp³-hybridized carbons (Fsp3) is 0.269. The number of carbonyl (C=O) groups excluding carboxylic acids is 1. The molecule has 0 fully saturated rings. The van der Waals surface area contributed by atoms with Crippen molar-refractivity contribution in [1.29, 1.82) is 0 Å². The van der Waals surface area contributed by atoms with Gasteiger partial charge in [-0.2, -0.15) is 0 Å². The third kappa shape index (κ3) is 5.64. The van der Waals surface area contributed by atoms with E-state index in [0.717, 1.165) is 16.7 Å². The van der Waals surface area contributed by atoms with E-state index in [2.05, 4.69) is 5.32 Å². The molecule has 0 saturated heterocycles. The van der Waals surface area contributed by atoms with Crippen molar-refractivity contribution in [2.45, 2.75) is 26.4 Å². The minimum absolute atomic E-state index is 0.0771. The van der Waals surface area contributed by atoms with Crippen molar-refractivity contribution in [1.82, 2.24) is 5.32 Å². The van der Waals surface area contributed by atoms with Gasteiger partial charge in [-0.3, -0.25) is 4.79 Å². The number of hydrogen-bond donors (Lipinski definition) is 2. The van der Waals surface area contributed by atoms with Gasteiger partial charge >= 0.3 is 0 Å². The van der Waals surface area contributed by atoms with Gasteiger partial charge in [0.15, 0.2) is 11.5 Å². The SMILES string of the molecule is CCOc1ccc(C(=O)NCC(C)(O)c2ccc(-c3ccccc3)cc2)cc1OCC. The summed E-state index contributed by atoms with van der Waals surface area (Å²) in [6, 6.07) is 22.8. The molecule has 0 radical (unpaired) electrons. The molecule has 3 aromatic carbocycles. The van der Waals surface area contributed by atoms with Crippen LogP contribution in [0.4, 0.5) is 0 Å². The second-order valence-corrected chi connectivity index (χ2v) is 7.43. The van der Waals surface area contributed by atoms with Gasteiger partial charge in [-0.05, 0) is 55.7 Å². The van der Waals surface area contributed by atoms with E-state index >= 15 is 0 Å². The highest BCUT2D eigenvalue weighted by molar-refractivity contribution is 5.95. The lowest BCUT2D eigenvalue weighted by atomic mass is 9.93. The van der Waals surface area contributed by atoms with Crippen LogP contribution in [-0.4, -0.2) is 30.8 Å². The molecule has 3 rings (SSSR count). The summed E-state index contributed by atoms with van der Waals surface area (Å²) in [5.41, 5.74) is 2.15. The Kier molecular flexibility index (Phi) is 7.32. The Morgan fingerprint density at radius 1 is 0.871 bits per heavy atom. The highest BCUT2D eigenvalue weighted by Gasteiger charge is 2.24. The molecule has 0 spiro atoms. The highest BCUT2D eigenvalue weighted by Crippen LogP contribution is 2.29. The van der Waals surface area contributed by atoms with Crippen molar-refractivity contribution in [3.8, 4) is 22.6 Å². The first kappa shape index (κ1) is 22.4. The summed E-state index contributed by atoms with van der Waals surface area (Å²) in [6.45, 7) is 6.52. The van der Waals surface area contributed by atoms with Gasteiger partial charge in [0.1, 0.15) is 5.60 Å². The van der Waals surface area contributed by atoms with E-state index in [9.17, 15) is 9.90 Å². The van der Waals surface area contributed by atoms with Crippen LogP contribution >= 0.6 is 0 Å². The van der Waals surface area contributed by atoms with Crippen molar-refractivity contribution in [3.63, 3.8) is 0 Å². The predicted octanol–water partition coefficient (Wildman–Crippen LogP) is 4.79. The number of carbonyl (C=O) groups is 1. The lowest BCUT2D eigenvalue weighted by Crippen LogP contribution is -2.38. The van der Waals surface area contributed by atoms with Crippen LogP contribution in [0, 0.1) is 0 Å². The molecule has 0 bridgehead atoms. The molecule has 2 N–H and O–H groups in total. The first-order valence-electron chi connectivity index (χ1n) is 10.5. The van der Waals surface area contributed by atoms with Crippen LogP contribution in [0.15, 0.2) is 72.8 Å².